The van der Waals surface area contributed by atoms with Gasteiger partial charge in [-0.25, -0.2) is 0 Å². The molecular weight excluding hydrogens is 238 g/mol. The van der Waals surface area contributed by atoms with Gasteiger partial charge in [0, 0.05) is 30.6 Å². The molecule has 1 N–H and O–H groups in total. The highest BCUT2D eigenvalue weighted by Gasteiger charge is 2.40. The van der Waals surface area contributed by atoms with Crippen LogP contribution < -0.4 is 4.90 Å². The quantitative estimate of drug-likeness (QED) is 0.854. The molecule has 0 atom stereocenters. The number of benzene rings is 1. The number of anilines is 1. The van der Waals surface area contributed by atoms with Crippen LogP contribution in [-0.4, -0.2) is 24.2 Å². The van der Waals surface area contributed by atoms with Crippen LogP contribution in [0.2, 0.25) is 0 Å². The Hall–Kier alpha value is -1.51. The largest absolute Gasteiger partial charge is 0.481 e. The van der Waals surface area contributed by atoms with E-state index in [1.54, 1.807) is 0 Å². The molecule has 0 bridgehead atoms. The Morgan fingerprint density at radius 2 is 1.89 bits per heavy atom. The zero-order chi connectivity index (χ0) is 13.9. The number of hydrogen-bond acceptors (Lipinski definition) is 2. The second kappa shape index (κ2) is 5.64. The number of para-hydroxylation sites is 1. The van der Waals surface area contributed by atoms with Gasteiger partial charge in [-0.05, 0) is 30.9 Å². The van der Waals surface area contributed by atoms with Gasteiger partial charge in [0.2, 0.25) is 0 Å². The number of carboxylic acids is 1. The molecule has 19 heavy (non-hydrogen) atoms. The van der Waals surface area contributed by atoms with E-state index in [-0.39, 0.29) is 6.42 Å². The van der Waals surface area contributed by atoms with Crippen molar-refractivity contribution in [3.63, 3.8) is 0 Å². The molecule has 3 nitrogen and oxygen atoms in total. The first-order valence-electron chi connectivity index (χ1n) is 7.15. The van der Waals surface area contributed by atoms with Gasteiger partial charge in [0.05, 0.1) is 0 Å². The van der Waals surface area contributed by atoms with Gasteiger partial charge in [-0.3, -0.25) is 4.79 Å². The van der Waals surface area contributed by atoms with Crippen molar-refractivity contribution < 1.29 is 9.90 Å². The van der Waals surface area contributed by atoms with E-state index in [4.69, 9.17) is 5.11 Å². The summed E-state index contributed by atoms with van der Waals surface area (Å²) in [6.45, 7) is 6.72. The van der Waals surface area contributed by atoms with Crippen LogP contribution in [0.15, 0.2) is 24.3 Å². The molecule has 0 spiro atoms. The van der Waals surface area contributed by atoms with Crippen LogP contribution >= 0.6 is 0 Å². The van der Waals surface area contributed by atoms with Crippen molar-refractivity contribution in [1.29, 1.82) is 0 Å². The lowest BCUT2D eigenvalue weighted by Gasteiger charge is -2.51. The van der Waals surface area contributed by atoms with Crippen molar-refractivity contribution in [1.82, 2.24) is 0 Å². The Kier molecular flexibility index (Phi) is 4.13. The third-order valence-corrected chi connectivity index (χ3v) is 4.49. The molecule has 3 heteroatoms. The molecule has 0 unspecified atom stereocenters. The fourth-order valence-electron chi connectivity index (χ4n) is 2.90. The maximum Gasteiger partial charge on any atom is 0.303 e. The van der Waals surface area contributed by atoms with Gasteiger partial charge in [-0.1, -0.05) is 32.0 Å². The number of aliphatic carboxylic acids is 1. The van der Waals surface area contributed by atoms with Gasteiger partial charge >= 0.3 is 5.97 Å². The van der Waals surface area contributed by atoms with E-state index < -0.39 is 5.97 Å². The van der Waals surface area contributed by atoms with Gasteiger partial charge in [0.15, 0.2) is 0 Å². The molecule has 0 aliphatic carbocycles. The summed E-state index contributed by atoms with van der Waals surface area (Å²) < 4.78 is 0. The monoisotopic (exact) mass is 261 g/mol. The lowest BCUT2D eigenvalue weighted by molar-refractivity contribution is -0.136. The summed E-state index contributed by atoms with van der Waals surface area (Å²) in [7, 11) is 0. The molecule has 0 amide bonds. The molecular formula is C16H23NO2. The van der Waals surface area contributed by atoms with Crippen LogP contribution in [0.25, 0.3) is 0 Å². The minimum Gasteiger partial charge on any atom is -0.481 e. The first-order chi connectivity index (χ1) is 9.10. The Morgan fingerprint density at radius 1 is 1.26 bits per heavy atom. The van der Waals surface area contributed by atoms with Crippen molar-refractivity contribution in [2.24, 2.45) is 5.41 Å². The molecule has 1 aromatic rings. The van der Waals surface area contributed by atoms with E-state index >= 15 is 0 Å². The Bertz CT molecular complexity index is 444. The van der Waals surface area contributed by atoms with Gasteiger partial charge in [-0.2, -0.15) is 0 Å². The molecule has 1 heterocycles. The maximum atomic E-state index is 10.7. The topological polar surface area (TPSA) is 40.5 Å². The minimum absolute atomic E-state index is 0.206. The zero-order valence-electron chi connectivity index (χ0n) is 11.9. The predicted octanol–water partition coefficient (Wildman–Crippen LogP) is 3.33. The second-order valence-electron chi connectivity index (χ2n) is 5.59. The standard InChI is InChI=1S/C16H23NO2/c1-3-16(4-2)11-17(12-16)14-8-6-5-7-13(14)9-10-15(18)19/h5-8H,3-4,9-12H2,1-2H3,(H,18,19). The fraction of sp³-hybridized carbons (Fsp3) is 0.562. The summed E-state index contributed by atoms with van der Waals surface area (Å²) >= 11 is 0. The van der Waals surface area contributed by atoms with E-state index in [1.165, 1.54) is 18.5 Å². The van der Waals surface area contributed by atoms with E-state index in [1.807, 2.05) is 12.1 Å². The van der Waals surface area contributed by atoms with Gasteiger partial charge in [0.1, 0.15) is 0 Å². The molecule has 1 aromatic carbocycles. The molecule has 1 aliphatic rings. The van der Waals surface area contributed by atoms with Gasteiger partial charge in [-0.15, -0.1) is 0 Å². The van der Waals surface area contributed by atoms with Crippen molar-refractivity contribution in [2.45, 2.75) is 39.5 Å². The predicted molar refractivity (Wildman–Crippen MR) is 77.6 cm³/mol. The third kappa shape index (κ3) is 2.91. The number of nitrogens with zero attached hydrogens (tertiary/aromatic N) is 1. The second-order valence-corrected chi connectivity index (χ2v) is 5.59. The highest BCUT2D eigenvalue weighted by atomic mass is 16.4. The average Bonchev–Trinajstić information content (AvgIpc) is 2.37. The van der Waals surface area contributed by atoms with Crippen molar-refractivity contribution in [3.8, 4) is 0 Å². The van der Waals surface area contributed by atoms with Gasteiger partial charge in [0.25, 0.3) is 0 Å². The normalized spacial score (nSPS) is 17.1. The van der Waals surface area contributed by atoms with E-state index in [9.17, 15) is 4.79 Å². The molecule has 1 fully saturated rings. The summed E-state index contributed by atoms with van der Waals surface area (Å²) in [6.07, 6.45) is 3.26. The first kappa shape index (κ1) is 13.9. The summed E-state index contributed by atoms with van der Waals surface area (Å²) in [5.74, 6) is -0.727. The molecule has 0 aromatic heterocycles. The highest BCUT2D eigenvalue weighted by Crippen LogP contribution is 2.40. The van der Waals surface area contributed by atoms with Crippen molar-refractivity contribution in [3.05, 3.63) is 29.8 Å². The average molecular weight is 261 g/mol. The van der Waals surface area contributed by atoms with E-state index in [2.05, 4.69) is 30.9 Å². The number of aryl methyl sites for hydroxylation is 1. The minimum atomic E-state index is -0.727. The number of carboxylic acid groups (broad SMARTS) is 1. The van der Waals surface area contributed by atoms with Gasteiger partial charge < -0.3 is 10.0 Å². The smallest absolute Gasteiger partial charge is 0.303 e. The molecule has 0 saturated carbocycles. The highest BCUT2D eigenvalue weighted by molar-refractivity contribution is 5.68. The lowest BCUT2D eigenvalue weighted by atomic mass is 9.74. The SMILES string of the molecule is CCC1(CC)CN(c2ccccc2CCC(=O)O)C1. The van der Waals surface area contributed by atoms with Crippen LogP contribution in [0.3, 0.4) is 0 Å². The van der Waals surface area contributed by atoms with E-state index in [0.29, 0.717) is 11.8 Å². The van der Waals surface area contributed by atoms with Crippen LogP contribution in [0.4, 0.5) is 5.69 Å². The first-order valence-corrected chi connectivity index (χ1v) is 7.15. The molecule has 2 rings (SSSR count). The van der Waals surface area contributed by atoms with Crippen LogP contribution in [0, 0.1) is 5.41 Å². The summed E-state index contributed by atoms with van der Waals surface area (Å²) in [6, 6.07) is 8.20. The van der Waals surface area contributed by atoms with Crippen LogP contribution in [-0.2, 0) is 11.2 Å². The number of rotatable bonds is 6. The van der Waals surface area contributed by atoms with Crippen molar-refractivity contribution in [2.75, 3.05) is 18.0 Å². The molecule has 104 valence electrons. The number of carbonyl (C=O) groups is 1. The zero-order valence-corrected chi connectivity index (χ0v) is 11.9. The summed E-state index contributed by atoms with van der Waals surface area (Å²) in [4.78, 5) is 13.1. The van der Waals surface area contributed by atoms with E-state index in [0.717, 1.165) is 18.7 Å². The molecule has 1 aliphatic heterocycles. The molecule has 0 radical (unpaired) electrons. The third-order valence-electron chi connectivity index (χ3n) is 4.49. The summed E-state index contributed by atoms with van der Waals surface area (Å²) in [5, 5.41) is 8.82. The Morgan fingerprint density at radius 3 is 2.47 bits per heavy atom. The fourth-order valence-corrected chi connectivity index (χ4v) is 2.90. The molecule has 1 saturated heterocycles. The summed E-state index contributed by atoms with van der Waals surface area (Å²) in [5.41, 5.74) is 2.85. The number of hydrogen-bond donors (Lipinski definition) is 1. The van der Waals surface area contributed by atoms with Crippen LogP contribution in [0.1, 0.15) is 38.7 Å². The lowest BCUT2D eigenvalue weighted by Crippen LogP contribution is -2.56. The Balaban J connectivity index is 2.07. The van der Waals surface area contributed by atoms with Crippen molar-refractivity contribution >= 4 is 11.7 Å². The Labute approximate surface area is 115 Å². The maximum absolute atomic E-state index is 10.7. The van der Waals surface area contributed by atoms with Crippen LogP contribution in [0.5, 0.6) is 0 Å².